The molecule has 0 aliphatic rings. The largest absolute Gasteiger partial charge is 0.325 e. The molecule has 0 heterocycles. The highest BCUT2D eigenvalue weighted by Crippen LogP contribution is 2.25. The number of benzene rings is 1. The Morgan fingerprint density at radius 1 is 1.50 bits per heavy atom. The number of hydrogen-bond donors (Lipinski definition) is 1. The van der Waals surface area contributed by atoms with Crippen LogP contribution in [-0.4, -0.2) is 4.55 Å². The first-order chi connectivity index (χ1) is 4.74. The van der Waals surface area contributed by atoms with E-state index in [0.717, 1.165) is 27.0 Å². The molecule has 0 amide bonds. The van der Waals surface area contributed by atoms with Crippen LogP contribution in [0.15, 0.2) is 27.6 Å². The van der Waals surface area contributed by atoms with Gasteiger partial charge in [0.2, 0.25) is 0 Å². The Morgan fingerprint density at radius 2 is 2.20 bits per heavy atom. The van der Waals surface area contributed by atoms with E-state index in [0.29, 0.717) is 0 Å². The highest BCUT2D eigenvalue weighted by Gasteiger charge is 1.97. The van der Waals surface area contributed by atoms with Crippen LogP contribution in [0.1, 0.15) is 5.56 Å². The van der Waals surface area contributed by atoms with Crippen molar-refractivity contribution in [3.8, 4) is 0 Å². The molecule has 3 heteroatoms. The zero-order valence-corrected chi connectivity index (χ0v) is 7.87. The molecule has 0 fully saturated rings. The zero-order valence-electron chi connectivity index (χ0n) is 5.47. The van der Waals surface area contributed by atoms with Crippen LogP contribution in [0, 0.1) is 6.92 Å². The van der Waals surface area contributed by atoms with Crippen LogP contribution in [0.2, 0.25) is 0 Å². The van der Waals surface area contributed by atoms with Crippen molar-refractivity contribution in [2.75, 3.05) is 0 Å². The topological polar surface area (TPSA) is 20.2 Å². The number of rotatable bonds is 1. The van der Waals surface area contributed by atoms with Crippen LogP contribution in [-0.2, 0) is 0 Å². The van der Waals surface area contributed by atoms with Crippen molar-refractivity contribution in [2.45, 2.75) is 11.8 Å². The molecule has 0 unspecified atom stereocenters. The lowest BCUT2D eigenvalue weighted by atomic mass is 10.2. The van der Waals surface area contributed by atoms with Crippen molar-refractivity contribution < 1.29 is 4.55 Å². The van der Waals surface area contributed by atoms with Gasteiger partial charge in [0.05, 0.1) is 0 Å². The summed E-state index contributed by atoms with van der Waals surface area (Å²) in [5.74, 6) is 0. The molecule has 0 saturated heterocycles. The summed E-state index contributed by atoms with van der Waals surface area (Å²) in [5.41, 5.74) is 1.15. The maximum Gasteiger partial charge on any atom is 0.0495 e. The molecule has 1 aromatic carbocycles. The van der Waals surface area contributed by atoms with Crippen molar-refractivity contribution in [1.82, 2.24) is 0 Å². The zero-order chi connectivity index (χ0) is 7.56. The van der Waals surface area contributed by atoms with Gasteiger partial charge in [0.1, 0.15) is 0 Å². The second-order valence-corrected chi connectivity index (χ2v) is 3.50. The smallest absolute Gasteiger partial charge is 0.0495 e. The van der Waals surface area contributed by atoms with Gasteiger partial charge in [-0.15, -0.1) is 0 Å². The van der Waals surface area contributed by atoms with E-state index in [4.69, 9.17) is 4.55 Å². The molecule has 0 bridgehead atoms. The third-order valence-electron chi connectivity index (χ3n) is 1.19. The molecule has 1 N–H and O–H groups in total. The summed E-state index contributed by atoms with van der Waals surface area (Å²) in [5, 5.41) is 0. The number of halogens is 1. The summed E-state index contributed by atoms with van der Waals surface area (Å²) < 4.78 is 9.67. The molecule has 0 spiro atoms. The fourth-order valence-corrected chi connectivity index (χ4v) is 1.54. The normalized spacial score (nSPS) is 9.90. The molecular formula is C7H7BrOS. The van der Waals surface area contributed by atoms with E-state index in [1.807, 2.05) is 25.1 Å². The van der Waals surface area contributed by atoms with Gasteiger partial charge < -0.3 is 4.55 Å². The second kappa shape index (κ2) is 3.42. The molecule has 1 aromatic rings. The Bertz CT molecular complexity index is 237. The minimum atomic E-state index is 0.763. The summed E-state index contributed by atoms with van der Waals surface area (Å²) >= 11 is 4.07. The number of aryl methyl sites for hydroxylation is 1. The van der Waals surface area contributed by atoms with E-state index in [2.05, 4.69) is 15.9 Å². The SMILES string of the molecule is Cc1ccc(Br)c(SO)c1. The lowest BCUT2D eigenvalue weighted by Gasteiger charge is -1.98. The van der Waals surface area contributed by atoms with Crippen LogP contribution in [0.4, 0.5) is 0 Å². The van der Waals surface area contributed by atoms with Crippen LogP contribution in [0.25, 0.3) is 0 Å². The first kappa shape index (κ1) is 8.11. The molecule has 0 aliphatic heterocycles. The van der Waals surface area contributed by atoms with Crippen molar-refractivity contribution in [3.05, 3.63) is 28.2 Å². The predicted molar refractivity (Wildman–Crippen MR) is 47.4 cm³/mol. The molecule has 0 saturated carbocycles. The molecule has 1 rings (SSSR count). The van der Waals surface area contributed by atoms with Crippen LogP contribution in [0.3, 0.4) is 0 Å². The highest BCUT2D eigenvalue weighted by atomic mass is 79.9. The predicted octanol–water partition coefficient (Wildman–Crippen LogP) is 3.32. The maximum atomic E-state index is 8.73. The van der Waals surface area contributed by atoms with Crippen molar-refractivity contribution >= 4 is 28.0 Å². The maximum absolute atomic E-state index is 8.73. The van der Waals surface area contributed by atoms with Crippen molar-refractivity contribution in [3.63, 3.8) is 0 Å². The molecular weight excluding hydrogens is 212 g/mol. The van der Waals surface area contributed by atoms with Gasteiger partial charge in [-0.3, -0.25) is 0 Å². The van der Waals surface area contributed by atoms with E-state index in [1.54, 1.807) is 0 Å². The fraction of sp³-hybridized carbons (Fsp3) is 0.143. The fourth-order valence-electron chi connectivity index (χ4n) is 0.681. The first-order valence-corrected chi connectivity index (χ1v) is 4.38. The van der Waals surface area contributed by atoms with E-state index >= 15 is 0 Å². The van der Waals surface area contributed by atoms with Crippen LogP contribution >= 0.6 is 28.0 Å². The third kappa shape index (κ3) is 1.75. The summed E-state index contributed by atoms with van der Waals surface area (Å²) in [6.07, 6.45) is 0. The van der Waals surface area contributed by atoms with Gasteiger partial charge in [-0.25, -0.2) is 0 Å². The van der Waals surface area contributed by atoms with E-state index in [9.17, 15) is 0 Å². The Kier molecular flexibility index (Phi) is 2.77. The van der Waals surface area contributed by atoms with Crippen molar-refractivity contribution in [2.24, 2.45) is 0 Å². The van der Waals surface area contributed by atoms with Gasteiger partial charge >= 0.3 is 0 Å². The van der Waals surface area contributed by atoms with Gasteiger partial charge in [0.25, 0.3) is 0 Å². The quantitative estimate of drug-likeness (QED) is 0.731. The van der Waals surface area contributed by atoms with E-state index in [-0.39, 0.29) is 0 Å². The highest BCUT2D eigenvalue weighted by molar-refractivity contribution is 9.10. The Balaban J connectivity index is 3.09. The monoisotopic (exact) mass is 218 g/mol. The van der Waals surface area contributed by atoms with Gasteiger partial charge in [-0.1, -0.05) is 6.07 Å². The average molecular weight is 219 g/mol. The molecule has 10 heavy (non-hydrogen) atoms. The van der Waals surface area contributed by atoms with Gasteiger partial charge in [0, 0.05) is 21.4 Å². The van der Waals surface area contributed by atoms with Crippen LogP contribution in [0.5, 0.6) is 0 Å². The molecule has 0 atom stereocenters. The van der Waals surface area contributed by atoms with Crippen molar-refractivity contribution in [1.29, 1.82) is 0 Å². The van der Waals surface area contributed by atoms with Gasteiger partial charge in [-0.2, -0.15) is 0 Å². The van der Waals surface area contributed by atoms with Gasteiger partial charge in [0.15, 0.2) is 0 Å². The molecule has 0 aromatic heterocycles. The lowest BCUT2D eigenvalue weighted by molar-refractivity contribution is 0.663. The minimum Gasteiger partial charge on any atom is -0.325 e. The number of hydrogen-bond acceptors (Lipinski definition) is 2. The summed E-state index contributed by atoms with van der Waals surface area (Å²) in [4.78, 5) is 0.861. The molecule has 0 aliphatic carbocycles. The summed E-state index contributed by atoms with van der Waals surface area (Å²) in [7, 11) is 0. The van der Waals surface area contributed by atoms with Crippen LogP contribution < -0.4 is 0 Å². The van der Waals surface area contributed by atoms with E-state index < -0.39 is 0 Å². The molecule has 1 nitrogen and oxygen atoms in total. The Morgan fingerprint density at radius 3 is 2.70 bits per heavy atom. The Hall–Kier alpha value is 0.01000. The van der Waals surface area contributed by atoms with E-state index in [1.165, 1.54) is 0 Å². The average Bonchev–Trinajstić information content (AvgIpc) is 1.94. The second-order valence-electron chi connectivity index (χ2n) is 2.03. The third-order valence-corrected chi connectivity index (χ3v) is 2.67. The summed E-state index contributed by atoms with van der Waals surface area (Å²) in [6.45, 7) is 1.99. The molecule has 54 valence electrons. The lowest BCUT2D eigenvalue weighted by Crippen LogP contribution is -1.75. The first-order valence-electron chi connectivity index (χ1n) is 2.81. The Labute approximate surface area is 72.8 Å². The minimum absolute atomic E-state index is 0.763. The standard InChI is InChI=1S/C7H7BrOS/c1-5-2-3-6(8)7(4-5)10-9/h2-4,9H,1H3. The summed E-state index contributed by atoms with van der Waals surface area (Å²) in [6, 6.07) is 5.84. The molecule has 0 radical (unpaired) electrons. The van der Waals surface area contributed by atoms with Gasteiger partial charge in [-0.05, 0) is 40.5 Å².